The Bertz CT molecular complexity index is 424. The van der Waals surface area contributed by atoms with Gasteiger partial charge in [-0.15, -0.1) is 0 Å². The number of pyridine rings is 1. The molecule has 1 aliphatic heterocycles. The third-order valence-corrected chi connectivity index (χ3v) is 4.08. The van der Waals surface area contributed by atoms with E-state index in [0.717, 1.165) is 24.3 Å². The molecule has 1 saturated heterocycles. The van der Waals surface area contributed by atoms with Crippen LogP contribution in [0, 0.1) is 10.1 Å². The van der Waals surface area contributed by atoms with Crippen molar-refractivity contribution >= 4 is 39.2 Å². The Morgan fingerprint density at radius 3 is 2.88 bits per heavy atom. The molecule has 2 rings (SSSR count). The van der Waals surface area contributed by atoms with E-state index < -0.39 is 4.92 Å². The first-order valence-electron chi connectivity index (χ1n) is 5.31. The predicted molar refractivity (Wildman–Crippen MR) is 72.6 cm³/mol. The molecule has 0 aliphatic carbocycles. The molecule has 0 spiro atoms. The zero-order valence-electron chi connectivity index (χ0n) is 9.06. The summed E-state index contributed by atoms with van der Waals surface area (Å²) in [6, 6.07) is 1.77. The van der Waals surface area contributed by atoms with Gasteiger partial charge in [-0.2, -0.15) is 11.8 Å². The van der Waals surface area contributed by atoms with Crippen molar-refractivity contribution in [1.82, 2.24) is 4.98 Å². The van der Waals surface area contributed by atoms with Crippen molar-refractivity contribution in [3.63, 3.8) is 0 Å². The number of rotatable bonds is 3. The highest BCUT2D eigenvalue weighted by molar-refractivity contribution is 9.10. The lowest BCUT2D eigenvalue weighted by Gasteiger charge is -2.22. The van der Waals surface area contributed by atoms with Crippen LogP contribution in [-0.4, -0.2) is 27.5 Å². The smallest absolute Gasteiger partial charge is 0.312 e. The number of hydrogen-bond donors (Lipinski definition) is 1. The van der Waals surface area contributed by atoms with Gasteiger partial charge in [-0.3, -0.25) is 10.1 Å². The Morgan fingerprint density at radius 1 is 1.53 bits per heavy atom. The van der Waals surface area contributed by atoms with Gasteiger partial charge < -0.3 is 5.32 Å². The molecule has 2 heterocycles. The Morgan fingerprint density at radius 2 is 2.24 bits per heavy atom. The van der Waals surface area contributed by atoms with Crippen LogP contribution in [0.15, 0.2) is 16.7 Å². The number of aromatic nitrogens is 1. The van der Waals surface area contributed by atoms with E-state index in [1.807, 2.05) is 11.8 Å². The van der Waals surface area contributed by atoms with Gasteiger partial charge in [-0.25, -0.2) is 4.98 Å². The highest BCUT2D eigenvalue weighted by Gasteiger charge is 2.20. The monoisotopic (exact) mass is 317 g/mol. The first-order valence-corrected chi connectivity index (χ1v) is 7.26. The quantitative estimate of drug-likeness (QED) is 0.685. The van der Waals surface area contributed by atoms with Gasteiger partial charge in [0.2, 0.25) is 5.82 Å². The number of halogens is 1. The maximum absolute atomic E-state index is 10.9. The van der Waals surface area contributed by atoms with E-state index >= 15 is 0 Å². The van der Waals surface area contributed by atoms with Crippen molar-refractivity contribution in [3.8, 4) is 0 Å². The van der Waals surface area contributed by atoms with E-state index in [2.05, 4.69) is 26.2 Å². The van der Waals surface area contributed by atoms with E-state index in [9.17, 15) is 10.1 Å². The van der Waals surface area contributed by atoms with Gasteiger partial charge in [0.25, 0.3) is 0 Å². The van der Waals surface area contributed by atoms with Gasteiger partial charge in [0.05, 0.1) is 4.92 Å². The van der Waals surface area contributed by atoms with Gasteiger partial charge in [0.1, 0.15) is 0 Å². The van der Waals surface area contributed by atoms with Crippen LogP contribution >= 0.6 is 27.7 Å². The summed E-state index contributed by atoms with van der Waals surface area (Å²) in [6.45, 7) is 0. The molecule has 1 fully saturated rings. The fraction of sp³-hybridized carbons (Fsp3) is 0.500. The average molecular weight is 318 g/mol. The largest absolute Gasteiger partial charge is 0.362 e. The van der Waals surface area contributed by atoms with Gasteiger partial charge in [0.15, 0.2) is 0 Å². The Labute approximate surface area is 112 Å². The number of anilines is 1. The molecule has 0 radical (unpaired) electrons. The van der Waals surface area contributed by atoms with Crippen LogP contribution in [0.5, 0.6) is 0 Å². The first kappa shape index (κ1) is 12.6. The second kappa shape index (κ2) is 5.68. The summed E-state index contributed by atoms with van der Waals surface area (Å²) >= 11 is 5.11. The molecule has 5 nitrogen and oxygen atoms in total. The summed E-state index contributed by atoms with van der Waals surface area (Å²) in [5.41, 5.74) is 0.0256. The van der Waals surface area contributed by atoms with E-state index in [0.29, 0.717) is 16.3 Å². The lowest BCUT2D eigenvalue weighted by molar-refractivity contribution is -0.384. The van der Waals surface area contributed by atoms with Gasteiger partial charge in [0, 0.05) is 22.8 Å². The Hall–Kier alpha value is -0.820. The van der Waals surface area contributed by atoms with Gasteiger partial charge in [-0.1, -0.05) is 0 Å². The topological polar surface area (TPSA) is 68.1 Å². The second-order valence-corrected chi connectivity index (χ2v) is 5.95. The minimum Gasteiger partial charge on any atom is -0.362 e. The van der Waals surface area contributed by atoms with E-state index in [1.165, 1.54) is 6.07 Å². The standard InChI is InChI=1S/C10H12BrN3O2S/c11-7-5-9(14(15)16)10(12-6-7)13-8-1-3-17-4-2-8/h5-6,8H,1-4H2,(H,12,13). The summed E-state index contributed by atoms with van der Waals surface area (Å²) < 4.78 is 0.619. The third kappa shape index (κ3) is 3.32. The lowest BCUT2D eigenvalue weighted by atomic mass is 10.1. The zero-order valence-corrected chi connectivity index (χ0v) is 11.5. The lowest BCUT2D eigenvalue weighted by Crippen LogP contribution is -2.25. The minimum atomic E-state index is -0.405. The SMILES string of the molecule is O=[N+]([O-])c1cc(Br)cnc1NC1CCSCC1. The first-order chi connectivity index (χ1) is 8.16. The van der Waals surface area contributed by atoms with Crippen LogP contribution in [0.4, 0.5) is 11.5 Å². The van der Waals surface area contributed by atoms with E-state index in [1.54, 1.807) is 6.20 Å². The molecule has 17 heavy (non-hydrogen) atoms. The molecule has 92 valence electrons. The number of hydrogen-bond acceptors (Lipinski definition) is 5. The maximum Gasteiger partial charge on any atom is 0.312 e. The number of nitrogens with one attached hydrogen (secondary N) is 1. The van der Waals surface area contributed by atoms with Crippen LogP contribution in [0.3, 0.4) is 0 Å². The second-order valence-electron chi connectivity index (χ2n) is 3.81. The van der Waals surface area contributed by atoms with Crippen LogP contribution in [0.1, 0.15) is 12.8 Å². The van der Waals surface area contributed by atoms with Crippen LogP contribution in [0.25, 0.3) is 0 Å². The molecule has 1 aliphatic rings. The number of nitro groups is 1. The molecule has 0 unspecified atom stereocenters. The zero-order chi connectivity index (χ0) is 12.3. The molecular weight excluding hydrogens is 306 g/mol. The summed E-state index contributed by atoms with van der Waals surface area (Å²) in [5.74, 6) is 2.57. The van der Waals surface area contributed by atoms with Crippen LogP contribution in [-0.2, 0) is 0 Å². The predicted octanol–water partition coefficient (Wildman–Crippen LogP) is 3.06. The van der Waals surface area contributed by atoms with Crippen LogP contribution < -0.4 is 5.32 Å². The molecule has 0 bridgehead atoms. The normalized spacial score (nSPS) is 16.8. The molecule has 1 aromatic rings. The summed E-state index contributed by atoms with van der Waals surface area (Å²) in [7, 11) is 0. The van der Waals surface area contributed by atoms with Gasteiger partial charge >= 0.3 is 5.69 Å². The highest BCUT2D eigenvalue weighted by Crippen LogP contribution is 2.28. The molecule has 1 N–H and O–H groups in total. The molecule has 0 atom stereocenters. The number of thioether (sulfide) groups is 1. The molecule has 0 amide bonds. The van der Waals surface area contributed by atoms with E-state index in [4.69, 9.17) is 0 Å². The number of nitrogens with zero attached hydrogens (tertiary/aromatic N) is 2. The average Bonchev–Trinajstić information content (AvgIpc) is 2.32. The minimum absolute atomic E-state index is 0.0256. The van der Waals surface area contributed by atoms with Crippen molar-refractivity contribution in [1.29, 1.82) is 0 Å². The van der Waals surface area contributed by atoms with Crippen molar-refractivity contribution in [2.75, 3.05) is 16.8 Å². The Kier molecular flexibility index (Phi) is 4.22. The fourth-order valence-electron chi connectivity index (χ4n) is 1.71. The molecule has 0 aromatic carbocycles. The Balaban J connectivity index is 2.16. The van der Waals surface area contributed by atoms with Crippen molar-refractivity contribution in [3.05, 3.63) is 26.9 Å². The maximum atomic E-state index is 10.9. The molecule has 0 saturated carbocycles. The van der Waals surface area contributed by atoms with Gasteiger partial charge in [-0.05, 0) is 40.3 Å². The fourth-order valence-corrected chi connectivity index (χ4v) is 3.14. The highest BCUT2D eigenvalue weighted by atomic mass is 79.9. The molecular formula is C10H12BrN3O2S. The third-order valence-electron chi connectivity index (χ3n) is 2.59. The summed E-state index contributed by atoms with van der Waals surface area (Å²) in [5, 5.41) is 14.1. The van der Waals surface area contributed by atoms with E-state index in [-0.39, 0.29) is 5.69 Å². The van der Waals surface area contributed by atoms with Crippen molar-refractivity contribution in [2.24, 2.45) is 0 Å². The molecule has 7 heteroatoms. The molecule has 1 aromatic heterocycles. The summed E-state index contributed by atoms with van der Waals surface area (Å²) in [6.07, 6.45) is 3.63. The van der Waals surface area contributed by atoms with Crippen LogP contribution in [0.2, 0.25) is 0 Å². The van der Waals surface area contributed by atoms with Crippen molar-refractivity contribution in [2.45, 2.75) is 18.9 Å². The van der Waals surface area contributed by atoms with Crippen molar-refractivity contribution < 1.29 is 4.92 Å². The summed E-state index contributed by atoms with van der Waals surface area (Å²) in [4.78, 5) is 14.6.